The highest BCUT2D eigenvalue weighted by atomic mass is 16.5. The fourth-order valence-corrected chi connectivity index (χ4v) is 1.53. The maximum absolute atomic E-state index is 11.6. The number of nitrogens with two attached hydrogens (primary N) is 2. The smallest absolute Gasteiger partial charge is 0.361 e. The molecule has 2 aromatic rings. The van der Waals surface area contributed by atoms with Gasteiger partial charge in [-0.25, -0.2) is 14.5 Å². The molecule has 8 nitrogen and oxygen atoms in total. The Morgan fingerprint density at radius 2 is 2.15 bits per heavy atom. The van der Waals surface area contributed by atoms with E-state index < -0.39 is 11.9 Å². The molecule has 0 atom stereocenters. The second-order valence-electron chi connectivity index (χ2n) is 3.87. The summed E-state index contributed by atoms with van der Waals surface area (Å²) in [5.41, 5.74) is 11.3. The zero-order chi connectivity index (χ0) is 14.7. The van der Waals surface area contributed by atoms with E-state index in [0.29, 0.717) is 5.82 Å². The number of aromatic nitrogens is 3. The average Bonchev–Trinajstić information content (AvgIpc) is 2.81. The lowest BCUT2D eigenvalue weighted by atomic mass is 10.3. The van der Waals surface area contributed by atoms with Gasteiger partial charge in [0, 0.05) is 6.20 Å². The molecule has 0 spiro atoms. The van der Waals surface area contributed by atoms with Gasteiger partial charge < -0.3 is 16.2 Å². The van der Waals surface area contributed by atoms with Crippen LogP contribution in [0.3, 0.4) is 0 Å². The predicted octanol–water partition coefficient (Wildman–Crippen LogP) is 0.125. The Labute approximate surface area is 114 Å². The molecule has 2 rings (SSSR count). The van der Waals surface area contributed by atoms with Gasteiger partial charge in [-0.2, -0.15) is 5.10 Å². The number of hydrogen-bond acceptors (Lipinski definition) is 6. The van der Waals surface area contributed by atoms with Crippen molar-refractivity contribution < 1.29 is 14.3 Å². The molecule has 0 aromatic carbocycles. The summed E-state index contributed by atoms with van der Waals surface area (Å²) in [5.74, 6) is -0.772. The number of hydrogen-bond donors (Lipinski definition) is 2. The van der Waals surface area contributed by atoms with Crippen molar-refractivity contribution in [1.82, 2.24) is 14.8 Å². The van der Waals surface area contributed by atoms with Gasteiger partial charge in [0.1, 0.15) is 0 Å². The van der Waals surface area contributed by atoms with Crippen LogP contribution in [-0.4, -0.2) is 33.2 Å². The largest absolute Gasteiger partial charge is 0.461 e. The van der Waals surface area contributed by atoms with Gasteiger partial charge in [-0.05, 0) is 19.1 Å². The quantitative estimate of drug-likeness (QED) is 0.763. The van der Waals surface area contributed by atoms with Crippen LogP contribution >= 0.6 is 0 Å². The lowest BCUT2D eigenvalue weighted by Gasteiger charge is -2.01. The van der Waals surface area contributed by atoms with Crippen molar-refractivity contribution in [3.05, 3.63) is 35.8 Å². The maximum atomic E-state index is 11.6. The molecule has 0 aliphatic carbocycles. The Morgan fingerprint density at radius 3 is 2.70 bits per heavy atom. The van der Waals surface area contributed by atoms with E-state index >= 15 is 0 Å². The van der Waals surface area contributed by atoms with Crippen LogP contribution in [0, 0.1) is 0 Å². The summed E-state index contributed by atoms with van der Waals surface area (Å²) in [6.07, 6.45) is 2.76. The van der Waals surface area contributed by atoms with E-state index in [1.165, 1.54) is 23.1 Å². The van der Waals surface area contributed by atoms with Crippen LogP contribution in [0.15, 0.2) is 24.5 Å². The van der Waals surface area contributed by atoms with Gasteiger partial charge in [0.05, 0.1) is 24.1 Å². The molecule has 104 valence electrons. The van der Waals surface area contributed by atoms with Crippen LogP contribution in [-0.2, 0) is 4.74 Å². The molecule has 2 aromatic heterocycles. The van der Waals surface area contributed by atoms with E-state index in [9.17, 15) is 9.59 Å². The van der Waals surface area contributed by atoms with Crippen molar-refractivity contribution in [3.63, 3.8) is 0 Å². The first-order chi connectivity index (χ1) is 9.52. The molecule has 0 saturated heterocycles. The number of esters is 1. The summed E-state index contributed by atoms with van der Waals surface area (Å²) in [7, 11) is 0. The van der Waals surface area contributed by atoms with E-state index in [-0.39, 0.29) is 23.6 Å². The Hall–Kier alpha value is -2.90. The number of ether oxygens (including phenoxy) is 1. The minimum Gasteiger partial charge on any atom is -0.461 e. The summed E-state index contributed by atoms with van der Waals surface area (Å²) in [4.78, 5) is 26.6. The van der Waals surface area contributed by atoms with Gasteiger partial charge in [-0.3, -0.25) is 4.79 Å². The van der Waals surface area contributed by atoms with Crippen LogP contribution < -0.4 is 11.5 Å². The van der Waals surface area contributed by atoms with Gasteiger partial charge >= 0.3 is 5.97 Å². The number of primary amides is 1. The van der Waals surface area contributed by atoms with Crippen molar-refractivity contribution in [3.8, 4) is 5.82 Å². The lowest BCUT2D eigenvalue weighted by molar-refractivity contribution is 0.0520. The molecule has 0 radical (unpaired) electrons. The second-order valence-corrected chi connectivity index (χ2v) is 3.87. The summed E-state index contributed by atoms with van der Waals surface area (Å²) < 4.78 is 6.16. The molecular weight excluding hydrogens is 262 g/mol. The number of nitrogens with zero attached hydrogens (tertiary/aromatic N) is 3. The molecule has 0 fully saturated rings. The number of nitrogen functional groups attached to an aromatic ring is 1. The number of carbonyl (C=O) groups is 2. The zero-order valence-corrected chi connectivity index (χ0v) is 10.7. The molecule has 0 aliphatic heterocycles. The third kappa shape index (κ3) is 2.58. The number of amides is 1. The predicted molar refractivity (Wildman–Crippen MR) is 70.2 cm³/mol. The van der Waals surface area contributed by atoms with Crippen LogP contribution in [0.25, 0.3) is 5.82 Å². The van der Waals surface area contributed by atoms with Crippen LogP contribution in [0.5, 0.6) is 0 Å². The lowest BCUT2D eigenvalue weighted by Crippen LogP contribution is -2.12. The molecule has 8 heteroatoms. The first kappa shape index (κ1) is 13.5. The van der Waals surface area contributed by atoms with Crippen molar-refractivity contribution in [2.24, 2.45) is 5.73 Å². The number of anilines is 1. The van der Waals surface area contributed by atoms with Crippen LogP contribution in [0.4, 0.5) is 5.69 Å². The fourth-order valence-electron chi connectivity index (χ4n) is 1.53. The maximum Gasteiger partial charge on any atom is 0.361 e. The highest BCUT2D eigenvalue weighted by molar-refractivity contribution is 5.93. The molecule has 20 heavy (non-hydrogen) atoms. The monoisotopic (exact) mass is 275 g/mol. The zero-order valence-electron chi connectivity index (χ0n) is 10.7. The number of pyridine rings is 1. The minimum atomic E-state index is -0.600. The van der Waals surface area contributed by atoms with Crippen molar-refractivity contribution in [2.75, 3.05) is 12.3 Å². The van der Waals surface area contributed by atoms with E-state index in [2.05, 4.69) is 10.1 Å². The van der Waals surface area contributed by atoms with E-state index in [1.54, 1.807) is 13.0 Å². The van der Waals surface area contributed by atoms with Crippen molar-refractivity contribution >= 4 is 17.6 Å². The second kappa shape index (κ2) is 5.39. The third-order valence-electron chi connectivity index (χ3n) is 2.48. The van der Waals surface area contributed by atoms with Crippen molar-refractivity contribution in [2.45, 2.75) is 6.92 Å². The van der Waals surface area contributed by atoms with E-state index in [4.69, 9.17) is 16.2 Å². The van der Waals surface area contributed by atoms with Gasteiger partial charge in [0.25, 0.3) is 0 Å². The summed E-state index contributed by atoms with van der Waals surface area (Å²) in [6, 6.07) is 3.05. The van der Waals surface area contributed by atoms with E-state index in [1.807, 2.05) is 0 Å². The van der Waals surface area contributed by atoms with Gasteiger partial charge in [0.2, 0.25) is 5.91 Å². The highest BCUT2D eigenvalue weighted by Gasteiger charge is 2.17. The SMILES string of the molecule is CCOC(=O)c1nn(-c2ccc(C(N)=O)cn2)cc1N. The normalized spacial score (nSPS) is 10.2. The van der Waals surface area contributed by atoms with Gasteiger partial charge in [-0.15, -0.1) is 0 Å². The van der Waals surface area contributed by atoms with Gasteiger partial charge in [0.15, 0.2) is 11.5 Å². The Kier molecular flexibility index (Phi) is 3.65. The first-order valence-corrected chi connectivity index (χ1v) is 5.81. The molecule has 0 unspecified atom stereocenters. The average molecular weight is 275 g/mol. The number of carbonyl (C=O) groups excluding carboxylic acids is 2. The fraction of sp³-hybridized carbons (Fsp3) is 0.167. The minimum absolute atomic E-state index is 0.0210. The molecule has 2 heterocycles. The summed E-state index contributed by atoms with van der Waals surface area (Å²) >= 11 is 0. The summed E-state index contributed by atoms with van der Waals surface area (Å²) in [5, 5.41) is 4.01. The molecule has 0 bridgehead atoms. The Bertz CT molecular complexity index is 648. The van der Waals surface area contributed by atoms with Gasteiger partial charge in [-0.1, -0.05) is 0 Å². The number of rotatable bonds is 4. The standard InChI is InChI=1S/C12H13N5O3/c1-2-20-12(19)10-8(13)6-17(16-10)9-4-3-7(5-15-9)11(14)18/h3-6H,2,13H2,1H3,(H2,14,18). The molecule has 0 aliphatic rings. The topological polar surface area (TPSA) is 126 Å². The van der Waals surface area contributed by atoms with E-state index in [0.717, 1.165) is 0 Å². The molecule has 4 N–H and O–H groups in total. The van der Waals surface area contributed by atoms with Crippen LogP contribution in [0.2, 0.25) is 0 Å². The molecule has 0 saturated carbocycles. The Morgan fingerprint density at radius 1 is 1.40 bits per heavy atom. The Balaban J connectivity index is 2.32. The first-order valence-electron chi connectivity index (χ1n) is 5.81. The molecular formula is C12H13N5O3. The molecule has 1 amide bonds. The third-order valence-corrected chi connectivity index (χ3v) is 2.48. The highest BCUT2D eigenvalue weighted by Crippen LogP contribution is 2.14. The summed E-state index contributed by atoms with van der Waals surface area (Å²) in [6.45, 7) is 1.92. The van der Waals surface area contributed by atoms with Crippen molar-refractivity contribution in [1.29, 1.82) is 0 Å². The van der Waals surface area contributed by atoms with Crippen LogP contribution in [0.1, 0.15) is 27.8 Å².